The van der Waals surface area contributed by atoms with Crippen LogP contribution in [0.2, 0.25) is 0 Å². The van der Waals surface area contributed by atoms with Crippen LogP contribution in [0.5, 0.6) is 0 Å². The predicted molar refractivity (Wildman–Crippen MR) is 69.2 cm³/mol. The SMILES string of the molecule is CCC1CC(NCCCOCC2CC2)CCO1. The molecule has 0 spiro atoms. The van der Waals surface area contributed by atoms with Crippen LogP contribution in [0.15, 0.2) is 0 Å². The predicted octanol–water partition coefficient (Wildman–Crippen LogP) is 2.35. The Labute approximate surface area is 105 Å². The van der Waals surface area contributed by atoms with Crippen LogP contribution in [0.25, 0.3) is 0 Å². The van der Waals surface area contributed by atoms with Crippen LogP contribution in [-0.4, -0.2) is 38.5 Å². The summed E-state index contributed by atoms with van der Waals surface area (Å²) < 4.78 is 11.3. The molecule has 1 aliphatic carbocycles. The van der Waals surface area contributed by atoms with Gasteiger partial charge in [-0.3, -0.25) is 0 Å². The third-order valence-electron chi connectivity index (χ3n) is 3.77. The monoisotopic (exact) mass is 241 g/mol. The molecule has 0 amide bonds. The lowest BCUT2D eigenvalue weighted by Crippen LogP contribution is -2.39. The fraction of sp³-hybridized carbons (Fsp3) is 1.00. The van der Waals surface area contributed by atoms with Crippen molar-refractivity contribution in [2.45, 2.75) is 57.6 Å². The Balaban J connectivity index is 1.43. The van der Waals surface area contributed by atoms with E-state index in [1.807, 2.05) is 0 Å². The van der Waals surface area contributed by atoms with Gasteiger partial charge in [0.2, 0.25) is 0 Å². The van der Waals surface area contributed by atoms with E-state index in [4.69, 9.17) is 9.47 Å². The van der Waals surface area contributed by atoms with Crippen LogP contribution < -0.4 is 5.32 Å². The summed E-state index contributed by atoms with van der Waals surface area (Å²) in [6, 6.07) is 0.664. The van der Waals surface area contributed by atoms with E-state index in [0.29, 0.717) is 12.1 Å². The van der Waals surface area contributed by atoms with Gasteiger partial charge in [-0.1, -0.05) is 6.92 Å². The summed E-state index contributed by atoms with van der Waals surface area (Å²) in [5.41, 5.74) is 0. The van der Waals surface area contributed by atoms with Crippen molar-refractivity contribution in [2.24, 2.45) is 5.92 Å². The van der Waals surface area contributed by atoms with Crippen LogP contribution in [0, 0.1) is 5.92 Å². The van der Waals surface area contributed by atoms with Gasteiger partial charge in [-0.25, -0.2) is 0 Å². The third kappa shape index (κ3) is 5.36. The smallest absolute Gasteiger partial charge is 0.0587 e. The maximum atomic E-state index is 5.67. The maximum absolute atomic E-state index is 5.67. The number of ether oxygens (including phenoxy) is 2. The zero-order chi connectivity index (χ0) is 11.9. The molecule has 1 saturated carbocycles. The van der Waals surface area contributed by atoms with Gasteiger partial charge in [-0.2, -0.15) is 0 Å². The highest BCUT2D eigenvalue weighted by atomic mass is 16.5. The lowest BCUT2D eigenvalue weighted by molar-refractivity contribution is -0.000348. The average molecular weight is 241 g/mol. The molecule has 3 nitrogen and oxygen atoms in total. The zero-order valence-electron chi connectivity index (χ0n) is 11.1. The molecule has 1 aliphatic heterocycles. The van der Waals surface area contributed by atoms with Crippen molar-refractivity contribution in [1.82, 2.24) is 5.32 Å². The Kier molecular flexibility index (Phi) is 5.75. The summed E-state index contributed by atoms with van der Waals surface area (Å²) in [7, 11) is 0. The normalized spacial score (nSPS) is 29.5. The molecule has 2 fully saturated rings. The minimum atomic E-state index is 0.479. The maximum Gasteiger partial charge on any atom is 0.0587 e. The van der Waals surface area contributed by atoms with Gasteiger partial charge in [0.15, 0.2) is 0 Å². The molecular weight excluding hydrogens is 214 g/mol. The fourth-order valence-corrected chi connectivity index (χ4v) is 2.37. The Hall–Kier alpha value is -0.120. The summed E-state index contributed by atoms with van der Waals surface area (Å²) in [4.78, 5) is 0. The van der Waals surface area contributed by atoms with Crippen molar-refractivity contribution in [3.8, 4) is 0 Å². The van der Waals surface area contributed by atoms with Gasteiger partial charge < -0.3 is 14.8 Å². The van der Waals surface area contributed by atoms with Gasteiger partial charge in [0.1, 0.15) is 0 Å². The second-order valence-corrected chi connectivity index (χ2v) is 5.45. The van der Waals surface area contributed by atoms with Gasteiger partial charge in [-0.15, -0.1) is 0 Å². The highest BCUT2D eigenvalue weighted by Gasteiger charge is 2.21. The summed E-state index contributed by atoms with van der Waals surface area (Å²) in [6.45, 7) is 6.14. The Morgan fingerprint density at radius 1 is 1.29 bits per heavy atom. The van der Waals surface area contributed by atoms with Gasteiger partial charge in [-0.05, 0) is 51.0 Å². The lowest BCUT2D eigenvalue weighted by atomic mass is 10.0. The van der Waals surface area contributed by atoms with Crippen molar-refractivity contribution >= 4 is 0 Å². The molecule has 0 aromatic carbocycles. The quantitative estimate of drug-likeness (QED) is 0.662. The molecule has 2 unspecified atom stereocenters. The molecule has 2 aliphatic rings. The molecule has 0 radical (unpaired) electrons. The zero-order valence-corrected chi connectivity index (χ0v) is 11.1. The van der Waals surface area contributed by atoms with Crippen LogP contribution in [-0.2, 0) is 9.47 Å². The molecule has 17 heavy (non-hydrogen) atoms. The lowest BCUT2D eigenvalue weighted by Gasteiger charge is -2.29. The Bertz CT molecular complexity index is 206. The number of hydrogen-bond acceptors (Lipinski definition) is 3. The highest BCUT2D eigenvalue weighted by molar-refractivity contribution is 4.76. The minimum absolute atomic E-state index is 0.479. The first-order valence-electron chi connectivity index (χ1n) is 7.31. The van der Waals surface area contributed by atoms with Gasteiger partial charge in [0.05, 0.1) is 6.10 Å². The molecule has 1 heterocycles. The van der Waals surface area contributed by atoms with E-state index in [9.17, 15) is 0 Å². The first-order chi connectivity index (χ1) is 8.38. The molecule has 2 atom stereocenters. The van der Waals surface area contributed by atoms with Crippen molar-refractivity contribution in [2.75, 3.05) is 26.4 Å². The summed E-state index contributed by atoms with van der Waals surface area (Å²) >= 11 is 0. The van der Waals surface area contributed by atoms with Crippen LogP contribution in [0.1, 0.15) is 45.4 Å². The van der Waals surface area contributed by atoms with Crippen molar-refractivity contribution in [1.29, 1.82) is 0 Å². The number of nitrogens with one attached hydrogen (secondary N) is 1. The largest absolute Gasteiger partial charge is 0.381 e. The molecule has 0 aromatic rings. The molecule has 2 rings (SSSR count). The summed E-state index contributed by atoms with van der Waals surface area (Å²) in [6.07, 6.45) is 7.88. The van der Waals surface area contributed by atoms with E-state index in [2.05, 4.69) is 12.2 Å². The first kappa shape index (κ1) is 13.3. The molecule has 3 heteroatoms. The van der Waals surface area contributed by atoms with E-state index in [1.54, 1.807) is 0 Å². The van der Waals surface area contributed by atoms with E-state index < -0.39 is 0 Å². The molecule has 1 saturated heterocycles. The molecule has 0 aromatic heterocycles. The molecule has 0 bridgehead atoms. The van der Waals surface area contributed by atoms with Gasteiger partial charge >= 0.3 is 0 Å². The molecular formula is C14H27NO2. The van der Waals surface area contributed by atoms with E-state index in [0.717, 1.165) is 45.1 Å². The molecule has 100 valence electrons. The summed E-state index contributed by atoms with van der Waals surface area (Å²) in [5.74, 6) is 0.892. The Morgan fingerprint density at radius 3 is 2.94 bits per heavy atom. The first-order valence-corrected chi connectivity index (χ1v) is 7.31. The van der Waals surface area contributed by atoms with Crippen LogP contribution in [0.4, 0.5) is 0 Å². The van der Waals surface area contributed by atoms with Crippen molar-refractivity contribution < 1.29 is 9.47 Å². The third-order valence-corrected chi connectivity index (χ3v) is 3.77. The molecule has 1 N–H and O–H groups in total. The number of hydrogen-bond donors (Lipinski definition) is 1. The second-order valence-electron chi connectivity index (χ2n) is 5.45. The van der Waals surface area contributed by atoms with Gasteiger partial charge in [0.25, 0.3) is 0 Å². The Morgan fingerprint density at radius 2 is 2.18 bits per heavy atom. The standard InChI is InChI=1S/C14H27NO2/c1-2-14-10-13(6-9-17-14)15-7-3-8-16-11-12-4-5-12/h12-15H,2-11H2,1H3. The van der Waals surface area contributed by atoms with E-state index in [1.165, 1.54) is 25.7 Å². The highest BCUT2D eigenvalue weighted by Crippen LogP contribution is 2.28. The van der Waals surface area contributed by atoms with Crippen molar-refractivity contribution in [3.05, 3.63) is 0 Å². The number of rotatable bonds is 8. The average Bonchev–Trinajstić information content (AvgIpc) is 3.18. The fourth-order valence-electron chi connectivity index (χ4n) is 2.37. The minimum Gasteiger partial charge on any atom is -0.381 e. The van der Waals surface area contributed by atoms with Crippen LogP contribution >= 0.6 is 0 Å². The van der Waals surface area contributed by atoms with E-state index >= 15 is 0 Å². The van der Waals surface area contributed by atoms with Crippen LogP contribution in [0.3, 0.4) is 0 Å². The van der Waals surface area contributed by atoms with E-state index in [-0.39, 0.29) is 0 Å². The topological polar surface area (TPSA) is 30.5 Å². The van der Waals surface area contributed by atoms with Gasteiger partial charge in [0, 0.05) is 25.9 Å². The summed E-state index contributed by atoms with van der Waals surface area (Å²) in [5, 5.41) is 3.63. The van der Waals surface area contributed by atoms with Crippen molar-refractivity contribution in [3.63, 3.8) is 0 Å². The second kappa shape index (κ2) is 7.34.